The van der Waals surface area contributed by atoms with Gasteiger partial charge in [-0.3, -0.25) is 0 Å². The molecule has 0 saturated heterocycles. The third-order valence-electron chi connectivity index (χ3n) is 6.69. The van der Waals surface area contributed by atoms with E-state index in [0.29, 0.717) is 17.4 Å². The summed E-state index contributed by atoms with van der Waals surface area (Å²) in [5, 5.41) is 10.3. The minimum absolute atomic E-state index is 0.0696. The number of ether oxygens (including phenoxy) is 1. The Morgan fingerprint density at radius 1 is 1.00 bits per heavy atom. The SMILES string of the molecule is CCC(C)(C)C1CCC(O)C(OC2CCC(C)C(C)C2)C1. The summed E-state index contributed by atoms with van der Waals surface area (Å²) in [6.07, 6.45) is 8.14. The van der Waals surface area contributed by atoms with Crippen LogP contribution in [0.15, 0.2) is 0 Å². The Bertz CT molecular complexity index is 326. The summed E-state index contributed by atoms with van der Waals surface area (Å²) in [5.41, 5.74) is 0.371. The maximum Gasteiger partial charge on any atom is 0.0840 e. The first-order chi connectivity index (χ1) is 9.83. The van der Waals surface area contributed by atoms with Crippen LogP contribution in [0, 0.1) is 23.2 Å². The maximum atomic E-state index is 10.3. The molecule has 21 heavy (non-hydrogen) atoms. The van der Waals surface area contributed by atoms with Crippen molar-refractivity contribution in [2.45, 2.75) is 97.9 Å². The fourth-order valence-electron chi connectivity index (χ4n) is 4.13. The molecule has 0 heterocycles. The smallest absolute Gasteiger partial charge is 0.0840 e. The second-order valence-corrected chi connectivity index (χ2v) is 8.48. The molecule has 2 heteroatoms. The van der Waals surface area contributed by atoms with Crippen LogP contribution < -0.4 is 0 Å². The van der Waals surface area contributed by atoms with Gasteiger partial charge in [0.25, 0.3) is 0 Å². The standard InChI is InChI=1S/C19H36O2/c1-6-19(4,5)15-8-10-17(20)18(12-15)21-16-9-7-13(2)14(3)11-16/h13-18,20H,6-12H2,1-5H3. The van der Waals surface area contributed by atoms with Crippen LogP contribution in [0.25, 0.3) is 0 Å². The molecule has 2 saturated carbocycles. The van der Waals surface area contributed by atoms with E-state index in [1.807, 2.05) is 0 Å². The Balaban J connectivity index is 1.92. The lowest BCUT2D eigenvalue weighted by atomic mass is 9.68. The molecule has 0 aromatic rings. The van der Waals surface area contributed by atoms with Gasteiger partial charge in [0.2, 0.25) is 0 Å². The lowest BCUT2D eigenvalue weighted by Crippen LogP contribution is -2.43. The van der Waals surface area contributed by atoms with E-state index < -0.39 is 0 Å². The molecule has 0 bridgehead atoms. The van der Waals surface area contributed by atoms with Crippen LogP contribution >= 0.6 is 0 Å². The van der Waals surface area contributed by atoms with Crippen molar-refractivity contribution < 1.29 is 9.84 Å². The Labute approximate surface area is 131 Å². The van der Waals surface area contributed by atoms with Crippen molar-refractivity contribution in [1.29, 1.82) is 0 Å². The molecule has 0 aromatic heterocycles. The van der Waals surface area contributed by atoms with Crippen molar-refractivity contribution in [1.82, 2.24) is 0 Å². The summed E-state index contributed by atoms with van der Waals surface area (Å²) >= 11 is 0. The van der Waals surface area contributed by atoms with Crippen LogP contribution in [0.2, 0.25) is 0 Å². The molecule has 0 radical (unpaired) electrons. The average Bonchev–Trinajstić information content (AvgIpc) is 2.45. The van der Waals surface area contributed by atoms with Gasteiger partial charge >= 0.3 is 0 Å². The molecule has 0 amide bonds. The third kappa shape index (κ3) is 4.22. The number of aliphatic hydroxyl groups excluding tert-OH is 1. The van der Waals surface area contributed by atoms with Crippen molar-refractivity contribution in [3.8, 4) is 0 Å². The molecule has 2 nitrogen and oxygen atoms in total. The van der Waals surface area contributed by atoms with Gasteiger partial charge in [0.15, 0.2) is 0 Å². The van der Waals surface area contributed by atoms with Crippen molar-refractivity contribution in [2.24, 2.45) is 23.2 Å². The molecule has 1 N–H and O–H groups in total. The lowest BCUT2D eigenvalue weighted by Gasteiger charge is -2.43. The molecule has 0 spiro atoms. The van der Waals surface area contributed by atoms with E-state index in [-0.39, 0.29) is 12.2 Å². The largest absolute Gasteiger partial charge is 0.390 e. The van der Waals surface area contributed by atoms with E-state index in [2.05, 4.69) is 34.6 Å². The fourth-order valence-corrected chi connectivity index (χ4v) is 4.13. The molecule has 2 aliphatic rings. The topological polar surface area (TPSA) is 29.5 Å². The number of aliphatic hydroxyl groups is 1. The normalized spacial score (nSPS) is 42.0. The van der Waals surface area contributed by atoms with Crippen LogP contribution in [0.3, 0.4) is 0 Å². The molecule has 6 unspecified atom stereocenters. The second kappa shape index (κ2) is 7.00. The van der Waals surface area contributed by atoms with Crippen molar-refractivity contribution in [3.63, 3.8) is 0 Å². The van der Waals surface area contributed by atoms with Gasteiger partial charge in [-0.1, -0.05) is 41.0 Å². The zero-order valence-electron chi connectivity index (χ0n) is 14.8. The predicted molar refractivity (Wildman–Crippen MR) is 88.3 cm³/mol. The van der Waals surface area contributed by atoms with Gasteiger partial charge < -0.3 is 9.84 Å². The van der Waals surface area contributed by atoms with Crippen LogP contribution in [0.1, 0.15) is 79.6 Å². The maximum absolute atomic E-state index is 10.3. The summed E-state index contributed by atoms with van der Waals surface area (Å²) < 4.78 is 6.38. The van der Waals surface area contributed by atoms with Crippen molar-refractivity contribution in [2.75, 3.05) is 0 Å². The molecule has 2 fully saturated rings. The molecule has 124 valence electrons. The van der Waals surface area contributed by atoms with E-state index in [4.69, 9.17) is 4.74 Å². The number of rotatable bonds is 4. The quantitative estimate of drug-likeness (QED) is 0.808. The van der Waals surface area contributed by atoms with Gasteiger partial charge in [-0.05, 0) is 61.7 Å². The summed E-state index contributed by atoms with van der Waals surface area (Å²) in [6.45, 7) is 11.7. The molecule has 6 atom stereocenters. The monoisotopic (exact) mass is 296 g/mol. The van der Waals surface area contributed by atoms with Gasteiger partial charge in [0.1, 0.15) is 0 Å². The molecule has 2 rings (SSSR count). The Morgan fingerprint density at radius 2 is 1.71 bits per heavy atom. The average molecular weight is 296 g/mol. The predicted octanol–water partition coefficient (Wildman–Crippen LogP) is 4.79. The van der Waals surface area contributed by atoms with Crippen LogP contribution in [0.5, 0.6) is 0 Å². The lowest BCUT2D eigenvalue weighted by molar-refractivity contribution is -0.129. The molecule has 0 aromatic carbocycles. The van der Waals surface area contributed by atoms with Gasteiger partial charge in [0, 0.05) is 0 Å². The van der Waals surface area contributed by atoms with E-state index >= 15 is 0 Å². The number of hydrogen-bond donors (Lipinski definition) is 1. The summed E-state index contributed by atoms with van der Waals surface area (Å²) in [4.78, 5) is 0. The van der Waals surface area contributed by atoms with E-state index in [9.17, 15) is 5.11 Å². The zero-order chi connectivity index (χ0) is 15.6. The number of hydrogen-bond acceptors (Lipinski definition) is 2. The molecular weight excluding hydrogens is 260 g/mol. The van der Waals surface area contributed by atoms with Gasteiger partial charge in [-0.15, -0.1) is 0 Å². The minimum atomic E-state index is -0.247. The Hall–Kier alpha value is -0.0800. The molecular formula is C19H36O2. The van der Waals surface area contributed by atoms with Crippen molar-refractivity contribution >= 4 is 0 Å². The summed E-state index contributed by atoms with van der Waals surface area (Å²) in [5.74, 6) is 2.27. The zero-order valence-corrected chi connectivity index (χ0v) is 14.8. The van der Waals surface area contributed by atoms with E-state index in [0.717, 1.165) is 31.1 Å². The highest BCUT2D eigenvalue weighted by Crippen LogP contribution is 2.42. The van der Waals surface area contributed by atoms with Gasteiger partial charge in [0.05, 0.1) is 18.3 Å². The minimum Gasteiger partial charge on any atom is -0.390 e. The first kappa shape index (κ1) is 17.3. The Kier molecular flexibility index (Phi) is 5.76. The molecule has 2 aliphatic carbocycles. The van der Waals surface area contributed by atoms with Crippen LogP contribution in [-0.4, -0.2) is 23.4 Å². The summed E-state index contributed by atoms with van der Waals surface area (Å²) in [7, 11) is 0. The first-order valence-electron chi connectivity index (χ1n) is 9.17. The fraction of sp³-hybridized carbons (Fsp3) is 1.00. The van der Waals surface area contributed by atoms with Crippen LogP contribution in [0.4, 0.5) is 0 Å². The van der Waals surface area contributed by atoms with E-state index in [1.54, 1.807) is 0 Å². The highest BCUT2D eigenvalue weighted by Gasteiger charge is 2.38. The van der Waals surface area contributed by atoms with Gasteiger partial charge in [-0.25, -0.2) is 0 Å². The first-order valence-corrected chi connectivity index (χ1v) is 9.17. The molecule has 0 aliphatic heterocycles. The van der Waals surface area contributed by atoms with Gasteiger partial charge in [-0.2, -0.15) is 0 Å². The van der Waals surface area contributed by atoms with Crippen molar-refractivity contribution in [3.05, 3.63) is 0 Å². The van der Waals surface area contributed by atoms with E-state index in [1.165, 1.54) is 25.7 Å². The second-order valence-electron chi connectivity index (χ2n) is 8.48. The Morgan fingerprint density at radius 3 is 2.33 bits per heavy atom. The highest BCUT2D eigenvalue weighted by molar-refractivity contribution is 4.89. The third-order valence-corrected chi connectivity index (χ3v) is 6.69. The summed E-state index contributed by atoms with van der Waals surface area (Å²) in [6, 6.07) is 0. The van der Waals surface area contributed by atoms with Crippen LogP contribution in [-0.2, 0) is 4.74 Å². The highest BCUT2D eigenvalue weighted by atomic mass is 16.5.